The molecule has 5 N–H and O–H groups in total. The van der Waals surface area contributed by atoms with Gasteiger partial charge in [0.2, 0.25) is 0 Å². The highest BCUT2D eigenvalue weighted by molar-refractivity contribution is 7.79. The van der Waals surface area contributed by atoms with Crippen molar-refractivity contribution in [2.45, 2.75) is 14.7 Å². The van der Waals surface area contributed by atoms with E-state index in [1.807, 2.05) is 0 Å². The number of phenolic OH excluding ortho intramolecular Hbond substituents is 1. The van der Waals surface area contributed by atoms with Crippen LogP contribution in [0.5, 0.6) is 5.75 Å². The molecule has 3 aromatic rings. The molecule has 0 aromatic heterocycles. The summed E-state index contributed by atoms with van der Waals surface area (Å²) in [6.07, 6.45) is 0. The SMILES string of the molecule is O=C(O)c1ccc(S(=O)O)cc1.O=S(O)c1ccc(O)cc1.O=S(O)c1ccccc1. The van der Waals surface area contributed by atoms with Crippen molar-refractivity contribution in [3.63, 3.8) is 0 Å². The monoisotopic (exact) mass is 486 g/mol. The molecule has 0 radical (unpaired) electrons. The second-order valence-electron chi connectivity index (χ2n) is 5.38. The van der Waals surface area contributed by atoms with Crippen molar-refractivity contribution in [1.29, 1.82) is 0 Å². The maximum atomic E-state index is 10.4. The fourth-order valence-corrected chi connectivity index (χ4v) is 2.94. The van der Waals surface area contributed by atoms with Crippen LogP contribution in [0.1, 0.15) is 10.4 Å². The van der Waals surface area contributed by atoms with Crippen LogP contribution in [0, 0.1) is 0 Å². The van der Waals surface area contributed by atoms with Gasteiger partial charge in [0.15, 0.2) is 33.2 Å². The van der Waals surface area contributed by atoms with Crippen LogP contribution in [0.2, 0.25) is 0 Å². The standard InChI is InChI=1S/C7H6O4S.C6H6O3S.C6H6O2S/c8-7(9)5-1-3-6(4-2-5)12(10)11;7-5-1-3-6(4-2-5)10(8)9;7-9(8)6-4-2-1-3-5-6/h1-4H,(H,8,9)(H,10,11);1-4,7H,(H,8,9);1-5H,(H,7,8). The number of aromatic carboxylic acids is 1. The Bertz CT molecular complexity index is 1000. The average molecular weight is 487 g/mol. The lowest BCUT2D eigenvalue weighted by atomic mass is 10.2. The molecule has 0 aliphatic carbocycles. The Labute approximate surface area is 185 Å². The van der Waals surface area contributed by atoms with Gasteiger partial charge in [-0.25, -0.2) is 17.4 Å². The van der Waals surface area contributed by atoms with Crippen molar-refractivity contribution in [1.82, 2.24) is 0 Å². The molecule has 9 nitrogen and oxygen atoms in total. The fraction of sp³-hybridized carbons (Fsp3) is 0. The average Bonchev–Trinajstić information content (AvgIpc) is 2.75. The minimum absolute atomic E-state index is 0.0919. The Hall–Kier alpha value is -2.74. The van der Waals surface area contributed by atoms with E-state index < -0.39 is 39.2 Å². The number of carboxylic acid groups (broad SMARTS) is 1. The zero-order valence-electron chi connectivity index (χ0n) is 15.6. The van der Waals surface area contributed by atoms with Crippen LogP contribution in [0.3, 0.4) is 0 Å². The molecule has 0 heterocycles. The molecule has 0 fully saturated rings. The topological polar surface area (TPSA) is 169 Å². The van der Waals surface area contributed by atoms with Crippen LogP contribution in [0.25, 0.3) is 0 Å². The van der Waals surface area contributed by atoms with E-state index in [4.69, 9.17) is 23.9 Å². The normalized spacial score (nSPS) is 12.7. The minimum Gasteiger partial charge on any atom is -0.508 e. The maximum absolute atomic E-state index is 10.4. The predicted molar refractivity (Wildman–Crippen MR) is 115 cm³/mol. The number of aromatic hydroxyl groups is 1. The molecule has 0 spiro atoms. The summed E-state index contributed by atoms with van der Waals surface area (Å²) in [7, 11) is 0. The Balaban J connectivity index is 0.000000235. The quantitative estimate of drug-likeness (QED) is 0.347. The first-order valence-electron chi connectivity index (χ1n) is 8.11. The summed E-state index contributed by atoms with van der Waals surface area (Å²) in [4.78, 5) is 11.3. The Morgan fingerprint density at radius 1 is 0.581 bits per heavy atom. The van der Waals surface area contributed by atoms with Crippen molar-refractivity contribution in [2.75, 3.05) is 0 Å². The van der Waals surface area contributed by atoms with Crippen molar-refractivity contribution in [2.24, 2.45) is 0 Å². The molecule has 3 atom stereocenters. The summed E-state index contributed by atoms with van der Waals surface area (Å²) in [5.74, 6) is -0.959. The first-order valence-corrected chi connectivity index (χ1v) is 11.4. The van der Waals surface area contributed by atoms with Crippen molar-refractivity contribution in [3.8, 4) is 5.75 Å². The van der Waals surface area contributed by atoms with Crippen LogP contribution in [0.4, 0.5) is 0 Å². The molecule has 3 unspecified atom stereocenters. The second kappa shape index (κ2) is 13.5. The van der Waals surface area contributed by atoms with Gasteiger partial charge in [-0.15, -0.1) is 0 Å². The molecule has 0 aliphatic rings. The van der Waals surface area contributed by atoms with Crippen LogP contribution < -0.4 is 0 Å². The number of phenols is 1. The highest BCUT2D eigenvalue weighted by Crippen LogP contribution is 2.11. The van der Waals surface area contributed by atoms with Gasteiger partial charge >= 0.3 is 5.97 Å². The van der Waals surface area contributed by atoms with Crippen molar-refractivity contribution >= 4 is 39.2 Å². The van der Waals surface area contributed by atoms with Gasteiger partial charge in [0.25, 0.3) is 0 Å². The molecular weight excluding hydrogens is 468 g/mol. The summed E-state index contributed by atoms with van der Waals surface area (Å²) in [5.41, 5.74) is 0.101. The molecule has 0 bridgehead atoms. The van der Waals surface area contributed by atoms with Crippen LogP contribution in [0.15, 0.2) is 93.5 Å². The second-order valence-corrected chi connectivity index (χ2v) is 8.29. The van der Waals surface area contributed by atoms with Crippen LogP contribution >= 0.6 is 0 Å². The molecule has 0 amide bonds. The summed E-state index contributed by atoms with van der Waals surface area (Å²) >= 11 is -5.82. The van der Waals surface area contributed by atoms with Gasteiger partial charge in [0.05, 0.1) is 20.2 Å². The third-order valence-electron chi connectivity index (χ3n) is 3.29. The maximum Gasteiger partial charge on any atom is 0.335 e. The van der Waals surface area contributed by atoms with Gasteiger partial charge in [-0.05, 0) is 60.7 Å². The van der Waals surface area contributed by atoms with Gasteiger partial charge < -0.3 is 23.9 Å². The fourth-order valence-electron chi connectivity index (χ4n) is 1.81. The first kappa shape index (κ1) is 26.3. The molecule has 0 aliphatic heterocycles. The molecule has 0 saturated heterocycles. The van der Waals surface area contributed by atoms with E-state index in [1.54, 1.807) is 30.3 Å². The lowest BCUT2D eigenvalue weighted by Gasteiger charge is -1.95. The zero-order valence-corrected chi connectivity index (χ0v) is 18.0. The Morgan fingerprint density at radius 3 is 1.26 bits per heavy atom. The van der Waals surface area contributed by atoms with Gasteiger partial charge in [-0.1, -0.05) is 18.2 Å². The van der Waals surface area contributed by atoms with Gasteiger partial charge in [-0.2, -0.15) is 0 Å². The summed E-state index contributed by atoms with van der Waals surface area (Å²) < 4.78 is 56.7. The third-order valence-corrected chi connectivity index (χ3v) is 5.31. The zero-order chi connectivity index (χ0) is 23.4. The molecule has 3 rings (SSSR count). The smallest absolute Gasteiger partial charge is 0.335 e. The van der Waals surface area contributed by atoms with Gasteiger partial charge in [-0.3, -0.25) is 0 Å². The largest absolute Gasteiger partial charge is 0.508 e. The number of carbonyl (C=O) groups is 1. The molecule has 166 valence electrons. The lowest BCUT2D eigenvalue weighted by molar-refractivity contribution is 0.0696. The number of hydrogen-bond acceptors (Lipinski definition) is 5. The summed E-state index contributed by atoms with van der Waals surface area (Å²) in [6.45, 7) is 0. The Kier molecular flexibility index (Phi) is 11.5. The highest BCUT2D eigenvalue weighted by atomic mass is 32.2. The lowest BCUT2D eigenvalue weighted by Crippen LogP contribution is -1.96. The van der Waals surface area contributed by atoms with E-state index in [2.05, 4.69) is 0 Å². The third kappa shape index (κ3) is 10.2. The van der Waals surface area contributed by atoms with E-state index in [0.717, 1.165) is 0 Å². The number of hydrogen-bond donors (Lipinski definition) is 5. The molecule has 0 saturated carbocycles. The first-order chi connectivity index (χ1) is 14.6. The molecule has 12 heteroatoms. The summed E-state index contributed by atoms with van der Waals surface area (Å²) in [6, 6.07) is 19.2. The predicted octanol–water partition coefficient (Wildman–Crippen LogP) is 3.21. The van der Waals surface area contributed by atoms with E-state index in [1.165, 1.54) is 48.5 Å². The van der Waals surface area contributed by atoms with E-state index in [-0.39, 0.29) is 21.1 Å². The van der Waals surface area contributed by atoms with Crippen LogP contribution in [-0.4, -0.2) is 42.5 Å². The Morgan fingerprint density at radius 2 is 0.935 bits per heavy atom. The van der Waals surface area contributed by atoms with Crippen molar-refractivity contribution < 1.29 is 41.3 Å². The summed E-state index contributed by atoms with van der Waals surface area (Å²) in [5, 5.41) is 17.2. The molecule has 31 heavy (non-hydrogen) atoms. The number of rotatable bonds is 4. The van der Waals surface area contributed by atoms with Gasteiger partial charge in [0.1, 0.15) is 5.75 Å². The molecule has 3 aromatic carbocycles. The minimum atomic E-state index is -2.04. The number of carboxylic acids is 1. The van der Waals surface area contributed by atoms with E-state index in [0.29, 0.717) is 4.90 Å². The molecular formula is C19H18O9S3. The number of benzene rings is 3. The van der Waals surface area contributed by atoms with Crippen molar-refractivity contribution in [3.05, 3.63) is 84.4 Å². The van der Waals surface area contributed by atoms with Gasteiger partial charge in [0, 0.05) is 0 Å². The van der Waals surface area contributed by atoms with E-state index >= 15 is 0 Å². The van der Waals surface area contributed by atoms with E-state index in [9.17, 15) is 17.4 Å². The highest BCUT2D eigenvalue weighted by Gasteiger charge is 2.03. The van der Waals surface area contributed by atoms with Crippen LogP contribution in [-0.2, 0) is 33.2 Å².